The van der Waals surface area contributed by atoms with Crippen molar-refractivity contribution in [3.63, 3.8) is 0 Å². The molecular weight excluding hydrogens is 230 g/mol. The number of carbonyl (C=O) groups excluding carboxylic acids is 2. The van der Waals surface area contributed by atoms with Gasteiger partial charge in [-0.3, -0.25) is 9.59 Å². The van der Waals surface area contributed by atoms with Gasteiger partial charge in [-0.25, -0.2) is 0 Å². The van der Waals surface area contributed by atoms with Gasteiger partial charge in [0.05, 0.1) is 12.5 Å². The zero-order valence-corrected chi connectivity index (χ0v) is 11.0. The zero-order valence-electron chi connectivity index (χ0n) is 11.0. The molecule has 0 aromatic rings. The maximum absolute atomic E-state index is 12.5. The minimum absolute atomic E-state index is 0.0555. The number of nitrogens with two attached hydrogens (primary N) is 1. The number of nitrogens with one attached hydrogen (secondary N) is 1. The molecule has 2 heterocycles. The van der Waals surface area contributed by atoms with E-state index < -0.39 is 5.91 Å². The Morgan fingerprint density at radius 3 is 2.67 bits per heavy atom. The first-order valence-corrected chi connectivity index (χ1v) is 6.95. The molecule has 0 radical (unpaired) electrons. The quantitative estimate of drug-likeness (QED) is 0.712. The van der Waals surface area contributed by atoms with Crippen molar-refractivity contribution < 1.29 is 9.59 Å². The summed E-state index contributed by atoms with van der Waals surface area (Å²) in [6.07, 6.45) is 5.12. The van der Waals surface area contributed by atoms with Crippen molar-refractivity contribution in [1.82, 2.24) is 10.2 Å². The summed E-state index contributed by atoms with van der Waals surface area (Å²) in [6, 6.07) is 0.824. The predicted molar refractivity (Wildman–Crippen MR) is 68.7 cm³/mol. The fourth-order valence-corrected chi connectivity index (χ4v) is 3.14. The Balaban J connectivity index is 1.96. The minimum Gasteiger partial charge on any atom is -0.368 e. The van der Waals surface area contributed by atoms with Crippen molar-refractivity contribution in [2.75, 3.05) is 13.1 Å². The molecule has 2 aliphatic heterocycles. The highest BCUT2D eigenvalue weighted by atomic mass is 16.2. The number of primary amides is 1. The summed E-state index contributed by atoms with van der Waals surface area (Å²) in [5.74, 6) is -0.252. The highest BCUT2D eigenvalue weighted by Gasteiger charge is 2.44. The molecule has 2 saturated heterocycles. The molecule has 2 aliphatic rings. The van der Waals surface area contributed by atoms with Crippen LogP contribution in [0.15, 0.2) is 0 Å². The van der Waals surface area contributed by atoms with Crippen molar-refractivity contribution in [2.24, 2.45) is 11.7 Å². The number of fused-ring (bicyclic) bond motifs is 2. The van der Waals surface area contributed by atoms with E-state index in [1.54, 1.807) is 4.90 Å². The second kappa shape index (κ2) is 5.69. The number of hydrogen-bond donors (Lipinski definition) is 2. The maximum Gasteiger partial charge on any atom is 0.237 e. The first-order chi connectivity index (χ1) is 8.61. The van der Waals surface area contributed by atoms with Crippen LogP contribution in [0.25, 0.3) is 0 Å². The van der Waals surface area contributed by atoms with Gasteiger partial charge in [0.1, 0.15) is 0 Å². The largest absolute Gasteiger partial charge is 0.368 e. The van der Waals surface area contributed by atoms with Gasteiger partial charge in [0.25, 0.3) is 0 Å². The van der Waals surface area contributed by atoms with Crippen LogP contribution in [0.3, 0.4) is 0 Å². The van der Waals surface area contributed by atoms with E-state index in [4.69, 9.17) is 5.73 Å². The Bertz CT molecular complexity index is 332. The summed E-state index contributed by atoms with van der Waals surface area (Å²) >= 11 is 0. The van der Waals surface area contributed by atoms with Crippen molar-refractivity contribution >= 4 is 11.8 Å². The van der Waals surface area contributed by atoms with E-state index in [0.717, 1.165) is 25.7 Å². The third-order valence-electron chi connectivity index (χ3n) is 4.06. The predicted octanol–water partition coefficient (Wildman–Crippen LogP) is 0.241. The molecule has 0 aliphatic carbocycles. The van der Waals surface area contributed by atoms with Gasteiger partial charge in [0.2, 0.25) is 11.8 Å². The van der Waals surface area contributed by atoms with Crippen LogP contribution in [0.2, 0.25) is 0 Å². The molecule has 0 spiro atoms. The van der Waals surface area contributed by atoms with Crippen molar-refractivity contribution in [3.05, 3.63) is 0 Å². The first-order valence-electron chi connectivity index (χ1n) is 6.95. The monoisotopic (exact) mass is 253 g/mol. The van der Waals surface area contributed by atoms with E-state index in [1.807, 2.05) is 0 Å². The van der Waals surface area contributed by atoms with Crippen LogP contribution < -0.4 is 11.1 Å². The number of nitrogens with zero attached hydrogens (tertiary/aromatic N) is 1. The summed E-state index contributed by atoms with van der Waals surface area (Å²) in [4.78, 5) is 25.2. The van der Waals surface area contributed by atoms with Crippen LogP contribution >= 0.6 is 0 Å². The molecule has 5 heteroatoms. The number of rotatable bonds is 6. The third-order valence-corrected chi connectivity index (χ3v) is 4.06. The highest BCUT2D eigenvalue weighted by molar-refractivity contribution is 5.85. The van der Waals surface area contributed by atoms with Gasteiger partial charge in [0, 0.05) is 18.6 Å². The van der Waals surface area contributed by atoms with Gasteiger partial charge in [0.15, 0.2) is 0 Å². The average Bonchev–Trinajstić information content (AvgIpc) is 2.95. The summed E-state index contributed by atoms with van der Waals surface area (Å²) in [5, 5.41) is 3.46. The molecule has 0 aromatic heterocycles. The van der Waals surface area contributed by atoms with Gasteiger partial charge in [-0.05, 0) is 25.7 Å². The Hall–Kier alpha value is -1.10. The van der Waals surface area contributed by atoms with Crippen LogP contribution in [0.4, 0.5) is 0 Å². The van der Waals surface area contributed by atoms with E-state index in [0.29, 0.717) is 18.6 Å². The van der Waals surface area contributed by atoms with Crippen LogP contribution in [-0.4, -0.2) is 41.9 Å². The van der Waals surface area contributed by atoms with E-state index in [1.165, 1.54) is 6.42 Å². The van der Waals surface area contributed by atoms with Crippen molar-refractivity contribution in [3.8, 4) is 0 Å². The Kier molecular flexibility index (Phi) is 4.22. The summed E-state index contributed by atoms with van der Waals surface area (Å²) < 4.78 is 0. The standard InChI is InChI=1S/C13H23N3O2/c1-2-3-6-16(8-12(14)17)13(18)10-7-9-4-5-11(10)15-9/h9-11,15H,2-8H2,1H3,(H2,14,17). The number of unbranched alkanes of at least 4 members (excludes halogenated alkanes) is 1. The number of carbonyl (C=O) groups is 2. The van der Waals surface area contributed by atoms with E-state index in [-0.39, 0.29) is 18.4 Å². The van der Waals surface area contributed by atoms with Gasteiger partial charge in [-0.15, -0.1) is 0 Å². The molecule has 5 nitrogen and oxygen atoms in total. The second-order valence-corrected chi connectivity index (χ2v) is 5.47. The van der Waals surface area contributed by atoms with Crippen LogP contribution in [0.1, 0.15) is 39.0 Å². The molecule has 0 aromatic carbocycles. The van der Waals surface area contributed by atoms with E-state index >= 15 is 0 Å². The molecule has 2 fully saturated rings. The third kappa shape index (κ3) is 2.83. The fourth-order valence-electron chi connectivity index (χ4n) is 3.14. The lowest BCUT2D eigenvalue weighted by atomic mass is 9.88. The fraction of sp³-hybridized carbons (Fsp3) is 0.846. The van der Waals surface area contributed by atoms with Crippen LogP contribution in [0.5, 0.6) is 0 Å². The van der Waals surface area contributed by atoms with Crippen molar-refractivity contribution in [1.29, 1.82) is 0 Å². The smallest absolute Gasteiger partial charge is 0.237 e. The summed E-state index contributed by atoms with van der Waals surface area (Å²) in [5.41, 5.74) is 5.23. The normalized spacial score (nSPS) is 29.5. The lowest BCUT2D eigenvalue weighted by Crippen LogP contribution is -2.45. The maximum atomic E-state index is 12.5. The average molecular weight is 253 g/mol. The highest BCUT2D eigenvalue weighted by Crippen LogP contribution is 2.34. The second-order valence-electron chi connectivity index (χ2n) is 5.47. The van der Waals surface area contributed by atoms with E-state index in [2.05, 4.69) is 12.2 Å². The molecule has 3 unspecified atom stereocenters. The molecule has 3 atom stereocenters. The first kappa shape index (κ1) is 13.3. The SMILES string of the molecule is CCCCN(CC(N)=O)C(=O)C1CC2CCC1N2. The van der Waals surface area contributed by atoms with Crippen LogP contribution in [0, 0.1) is 5.92 Å². The molecular formula is C13H23N3O2. The van der Waals surface area contributed by atoms with E-state index in [9.17, 15) is 9.59 Å². The summed E-state index contributed by atoms with van der Waals surface area (Å²) in [6.45, 7) is 2.78. The molecule has 2 bridgehead atoms. The van der Waals surface area contributed by atoms with Gasteiger partial charge in [-0.2, -0.15) is 0 Å². The zero-order chi connectivity index (χ0) is 13.1. The number of hydrogen-bond acceptors (Lipinski definition) is 3. The van der Waals surface area contributed by atoms with Gasteiger partial charge < -0.3 is 16.0 Å². The number of amides is 2. The molecule has 2 amide bonds. The van der Waals surface area contributed by atoms with Gasteiger partial charge in [-0.1, -0.05) is 13.3 Å². The lowest BCUT2D eigenvalue weighted by Gasteiger charge is -2.27. The Labute approximate surface area is 108 Å². The molecule has 3 N–H and O–H groups in total. The Morgan fingerprint density at radius 2 is 2.17 bits per heavy atom. The van der Waals surface area contributed by atoms with Crippen LogP contribution in [-0.2, 0) is 9.59 Å². The molecule has 0 saturated carbocycles. The summed E-state index contributed by atoms with van der Waals surface area (Å²) in [7, 11) is 0. The molecule has 102 valence electrons. The minimum atomic E-state index is -0.421. The van der Waals surface area contributed by atoms with Crippen molar-refractivity contribution in [2.45, 2.75) is 51.1 Å². The Morgan fingerprint density at radius 1 is 1.39 bits per heavy atom. The topological polar surface area (TPSA) is 75.4 Å². The molecule has 18 heavy (non-hydrogen) atoms. The molecule has 2 rings (SSSR count). The van der Waals surface area contributed by atoms with Gasteiger partial charge >= 0.3 is 0 Å². The lowest BCUT2D eigenvalue weighted by molar-refractivity contribution is -0.139.